The molecule has 1 saturated heterocycles. The zero-order valence-corrected chi connectivity index (χ0v) is 17.2. The Bertz CT molecular complexity index is 790. The van der Waals surface area contributed by atoms with Crippen molar-refractivity contribution in [1.29, 1.82) is 0 Å². The third-order valence-corrected chi connectivity index (χ3v) is 5.36. The lowest BCUT2D eigenvalue weighted by Crippen LogP contribution is -2.59. The highest BCUT2D eigenvalue weighted by molar-refractivity contribution is 5.91. The number of fused-ring (bicyclic) bond motifs is 2. The van der Waals surface area contributed by atoms with Gasteiger partial charge in [0.25, 0.3) is 0 Å². The topological polar surface area (TPSA) is 85.5 Å². The number of nitrogens with two attached hydrogens (primary N) is 1. The fourth-order valence-corrected chi connectivity index (χ4v) is 4.10. The van der Waals surface area contributed by atoms with Crippen LogP contribution in [0.3, 0.4) is 0 Å². The summed E-state index contributed by atoms with van der Waals surface area (Å²) in [6.07, 6.45) is 4.94. The summed E-state index contributed by atoms with van der Waals surface area (Å²) in [5.74, 6) is 2.48. The molecule has 150 valence electrons. The summed E-state index contributed by atoms with van der Waals surface area (Å²) in [6.45, 7) is 1.85. The molecule has 2 aliphatic rings. The molecule has 1 aromatic carbocycles. The van der Waals surface area contributed by atoms with Gasteiger partial charge in [-0.25, -0.2) is 4.98 Å². The molecule has 1 aromatic heterocycles. The van der Waals surface area contributed by atoms with Crippen LogP contribution >= 0.6 is 24.8 Å². The molecule has 9 heteroatoms. The van der Waals surface area contributed by atoms with E-state index >= 15 is 0 Å². The minimum Gasteiger partial charge on any atom is -0.493 e. The van der Waals surface area contributed by atoms with Gasteiger partial charge in [0.05, 0.1) is 19.7 Å². The number of piperazine rings is 1. The maximum absolute atomic E-state index is 6.26. The van der Waals surface area contributed by atoms with Gasteiger partial charge >= 0.3 is 0 Å². The maximum Gasteiger partial charge on any atom is 0.228 e. The lowest BCUT2D eigenvalue weighted by atomic mass is 9.88. The molecule has 2 fully saturated rings. The summed E-state index contributed by atoms with van der Waals surface area (Å²) in [6, 6.07) is 4.68. The minimum atomic E-state index is 0. The van der Waals surface area contributed by atoms with Crippen molar-refractivity contribution in [3.63, 3.8) is 0 Å². The van der Waals surface area contributed by atoms with Crippen LogP contribution in [0.5, 0.6) is 11.5 Å². The second-order valence-corrected chi connectivity index (χ2v) is 6.74. The van der Waals surface area contributed by atoms with Crippen LogP contribution in [0, 0.1) is 0 Å². The van der Waals surface area contributed by atoms with Crippen LogP contribution in [-0.4, -0.2) is 49.4 Å². The Balaban J connectivity index is 0.00000131. The smallest absolute Gasteiger partial charge is 0.228 e. The Morgan fingerprint density at radius 2 is 1.78 bits per heavy atom. The van der Waals surface area contributed by atoms with Crippen LogP contribution in [0.15, 0.2) is 12.1 Å². The van der Waals surface area contributed by atoms with Gasteiger partial charge < -0.3 is 25.4 Å². The highest BCUT2D eigenvalue weighted by atomic mass is 35.5. The summed E-state index contributed by atoms with van der Waals surface area (Å²) in [5, 5.41) is 4.43. The second kappa shape index (κ2) is 8.99. The predicted molar refractivity (Wildman–Crippen MR) is 113 cm³/mol. The van der Waals surface area contributed by atoms with Gasteiger partial charge in [0.1, 0.15) is 5.82 Å². The van der Waals surface area contributed by atoms with Crippen LogP contribution in [0.4, 0.5) is 11.8 Å². The Kier molecular flexibility index (Phi) is 7.19. The zero-order chi connectivity index (χ0) is 17.4. The number of methoxy groups -OCH3 is 2. The van der Waals surface area contributed by atoms with E-state index in [4.69, 9.17) is 20.2 Å². The van der Waals surface area contributed by atoms with Crippen LogP contribution in [0.25, 0.3) is 10.9 Å². The molecule has 0 spiro atoms. The van der Waals surface area contributed by atoms with E-state index in [9.17, 15) is 0 Å². The predicted octanol–water partition coefficient (Wildman–Crippen LogP) is 2.79. The second-order valence-electron chi connectivity index (χ2n) is 6.74. The first-order valence-electron chi connectivity index (χ1n) is 8.90. The normalized spacial score (nSPS) is 21.6. The van der Waals surface area contributed by atoms with Crippen molar-refractivity contribution in [1.82, 2.24) is 15.3 Å². The molecule has 0 unspecified atom stereocenters. The van der Waals surface area contributed by atoms with Gasteiger partial charge in [-0.1, -0.05) is 12.8 Å². The fourth-order valence-electron chi connectivity index (χ4n) is 4.10. The zero-order valence-electron chi connectivity index (χ0n) is 15.6. The average Bonchev–Trinajstić information content (AvgIpc) is 2.66. The standard InChI is InChI=1S/C18H25N5O2.2ClH/c1-24-15-9-11-13(10-16(15)25-2)21-18(22-17(11)19)23-8-7-20-12-5-3-4-6-14(12)23;;/h9-10,12,14,20H,3-8H2,1-2H3,(H2,19,21,22);2*1H/t12-,14+;;/m1../s1. The van der Waals surface area contributed by atoms with Crippen molar-refractivity contribution in [2.45, 2.75) is 37.8 Å². The van der Waals surface area contributed by atoms with Crippen LogP contribution < -0.4 is 25.4 Å². The lowest BCUT2D eigenvalue weighted by Gasteiger charge is -2.44. The maximum atomic E-state index is 6.26. The number of ether oxygens (including phenoxy) is 2. The van der Waals surface area contributed by atoms with E-state index in [1.54, 1.807) is 14.2 Å². The monoisotopic (exact) mass is 415 g/mol. The Labute approximate surface area is 171 Å². The minimum absolute atomic E-state index is 0. The van der Waals surface area contributed by atoms with Crippen LogP contribution in [0.1, 0.15) is 25.7 Å². The van der Waals surface area contributed by atoms with E-state index in [1.807, 2.05) is 12.1 Å². The third-order valence-electron chi connectivity index (χ3n) is 5.36. The lowest BCUT2D eigenvalue weighted by molar-refractivity contribution is 0.282. The number of nitrogen functional groups attached to an aromatic ring is 1. The van der Waals surface area contributed by atoms with Crippen molar-refractivity contribution in [2.24, 2.45) is 0 Å². The molecule has 1 saturated carbocycles. The number of hydrogen-bond acceptors (Lipinski definition) is 7. The summed E-state index contributed by atoms with van der Waals surface area (Å²) >= 11 is 0. The third kappa shape index (κ3) is 3.95. The van der Waals surface area contributed by atoms with E-state index in [2.05, 4.69) is 15.2 Å². The molecule has 2 heterocycles. The number of halogens is 2. The first-order chi connectivity index (χ1) is 12.2. The molecule has 7 nitrogen and oxygen atoms in total. The summed E-state index contributed by atoms with van der Waals surface area (Å²) in [4.78, 5) is 11.7. The van der Waals surface area contributed by atoms with Gasteiger partial charge in [-0.2, -0.15) is 4.98 Å². The van der Waals surface area contributed by atoms with Gasteiger partial charge in [0.15, 0.2) is 11.5 Å². The van der Waals surface area contributed by atoms with E-state index in [-0.39, 0.29) is 24.8 Å². The number of anilines is 2. The van der Waals surface area contributed by atoms with Gasteiger partial charge in [-0.3, -0.25) is 0 Å². The fraction of sp³-hybridized carbons (Fsp3) is 0.556. The van der Waals surface area contributed by atoms with Gasteiger partial charge in [-0.15, -0.1) is 24.8 Å². The quantitative estimate of drug-likeness (QED) is 0.796. The molecule has 4 rings (SSSR count). The summed E-state index contributed by atoms with van der Waals surface area (Å²) < 4.78 is 10.8. The molecule has 1 aliphatic carbocycles. The number of hydrogen-bond donors (Lipinski definition) is 2. The molecule has 2 aromatic rings. The molecule has 27 heavy (non-hydrogen) atoms. The first kappa shape index (κ1) is 21.6. The van der Waals surface area contributed by atoms with Gasteiger partial charge in [-0.05, 0) is 18.9 Å². The Morgan fingerprint density at radius 1 is 1.07 bits per heavy atom. The molecular formula is C18H27Cl2N5O2. The van der Waals surface area contributed by atoms with Gasteiger partial charge in [0, 0.05) is 36.6 Å². The molecular weight excluding hydrogens is 389 g/mol. The van der Waals surface area contributed by atoms with Crippen molar-refractivity contribution in [3.05, 3.63) is 12.1 Å². The molecule has 0 radical (unpaired) electrons. The number of benzene rings is 1. The van der Waals surface area contributed by atoms with Crippen molar-refractivity contribution in [2.75, 3.05) is 37.9 Å². The van der Waals surface area contributed by atoms with E-state index in [1.165, 1.54) is 25.7 Å². The number of rotatable bonds is 3. The van der Waals surface area contributed by atoms with Gasteiger partial charge in [0.2, 0.25) is 5.95 Å². The van der Waals surface area contributed by atoms with Crippen molar-refractivity contribution in [3.8, 4) is 11.5 Å². The highest BCUT2D eigenvalue weighted by Gasteiger charge is 2.34. The summed E-state index contributed by atoms with van der Waals surface area (Å²) in [7, 11) is 3.23. The number of nitrogens with one attached hydrogen (secondary N) is 1. The number of aromatic nitrogens is 2. The Hall–Kier alpha value is -1.70. The van der Waals surface area contributed by atoms with E-state index in [0.717, 1.165) is 29.9 Å². The van der Waals surface area contributed by atoms with Crippen molar-refractivity contribution >= 4 is 47.5 Å². The molecule has 0 bridgehead atoms. The van der Waals surface area contributed by atoms with E-state index in [0.29, 0.717) is 29.4 Å². The Morgan fingerprint density at radius 3 is 2.52 bits per heavy atom. The van der Waals surface area contributed by atoms with Crippen LogP contribution in [-0.2, 0) is 0 Å². The molecule has 0 amide bonds. The largest absolute Gasteiger partial charge is 0.493 e. The van der Waals surface area contributed by atoms with E-state index < -0.39 is 0 Å². The van der Waals surface area contributed by atoms with Crippen molar-refractivity contribution < 1.29 is 9.47 Å². The molecule has 3 N–H and O–H groups in total. The molecule has 2 atom stereocenters. The first-order valence-corrected chi connectivity index (χ1v) is 8.90. The average molecular weight is 416 g/mol. The SMILES string of the molecule is COc1cc2nc(N3CCN[C@@H]4CCCC[C@@H]43)nc(N)c2cc1OC.Cl.Cl. The highest BCUT2D eigenvalue weighted by Crippen LogP contribution is 2.35. The summed E-state index contributed by atoms with van der Waals surface area (Å²) in [5.41, 5.74) is 7.04. The van der Waals surface area contributed by atoms with Crippen LogP contribution in [0.2, 0.25) is 0 Å². The molecule has 1 aliphatic heterocycles. The number of nitrogens with zero attached hydrogens (tertiary/aromatic N) is 3.